The number of carbonyl (C=O) groups is 1. The monoisotopic (exact) mass is 531 g/mol. The third-order valence-electron chi connectivity index (χ3n) is 7.60. The van der Waals surface area contributed by atoms with Crippen molar-refractivity contribution < 1.29 is 13.9 Å². The van der Waals surface area contributed by atoms with Crippen LogP contribution in [0, 0.1) is 11.3 Å². The SMILES string of the molecule is CCOc1cc([C@H](C)N2CCc3c(CN4CC[C@H](F)C4)cc(Cn4ccnc4NC)cc3C2=O)ncc1C#N. The minimum absolute atomic E-state index is 0.0553. The van der Waals surface area contributed by atoms with Crippen molar-refractivity contribution in [1.82, 2.24) is 24.3 Å². The average Bonchev–Trinajstić information content (AvgIpc) is 3.57. The fourth-order valence-corrected chi connectivity index (χ4v) is 5.61. The number of nitriles is 1. The molecule has 0 aliphatic carbocycles. The van der Waals surface area contributed by atoms with Crippen molar-refractivity contribution in [3.8, 4) is 11.8 Å². The summed E-state index contributed by atoms with van der Waals surface area (Å²) >= 11 is 0. The summed E-state index contributed by atoms with van der Waals surface area (Å²) in [4.78, 5) is 26.8. The van der Waals surface area contributed by atoms with Crippen LogP contribution in [-0.4, -0.2) is 69.7 Å². The van der Waals surface area contributed by atoms with E-state index in [0.29, 0.717) is 68.2 Å². The van der Waals surface area contributed by atoms with Gasteiger partial charge in [0.25, 0.3) is 5.91 Å². The van der Waals surface area contributed by atoms with Crippen molar-refractivity contribution in [3.63, 3.8) is 0 Å². The molecule has 0 bridgehead atoms. The van der Waals surface area contributed by atoms with E-state index in [-0.39, 0.29) is 11.9 Å². The standard InChI is InChI=1S/C29H34FN7O2/c1-4-39-27-13-26(34-15-22(27)14-31)19(2)37-9-6-24-21(17-35-8-5-23(30)18-35)11-20(12-25(24)28(37)38)16-36-10-7-33-29(36)32-3/h7,10-13,15,19,23H,4-6,8-9,16-18H2,1-3H3,(H,32,33)/t19-,23-/m0/s1. The van der Waals surface area contributed by atoms with Crippen LogP contribution in [0.2, 0.25) is 0 Å². The third-order valence-corrected chi connectivity index (χ3v) is 7.60. The van der Waals surface area contributed by atoms with E-state index in [1.54, 1.807) is 12.3 Å². The van der Waals surface area contributed by atoms with Gasteiger partial charge in [0.1, 0.15) is 23.6 Å². The maximum atomic E-state index is 14.0. The first-order valence-corrected chi connectivity index (χ1v) is 13.5. The lowest BCUT2D eigenvalue weighted by Crippen LogP contribution is -2.40. The molecule has 9 nitrogen and oxygen atoms in total. The van der Waals surface area contributed by atoms with E-state index < -0.39 is 6.17 Å². The Morgan fingerprint density at radius 3 is 2.82 bits per heavy atom. The van der Waals surface area contributed by atoms with Gasteiger partial charge in [-0.2, -0.15) is 5.26 Å². The van der Waals surface area contributed by atoms with Gasteiger partial charge >= 0.3 is 0 Å². The highest BCUT2D eigenvalue weighted by molar-refractivity contribution is 5.97. The van der Waals surface area contributed by atoms with E-state index in [1.165, 1.54) is 6.20 Å². The van der Waals surface area contributed by atoms with Gasteiger partial charge in [0.15, 0.2) is 0 Å². The maximum Gasteiger partial charge on any atom is 0.254 e. The minimum Gasteiger partial charge on any atom is -0.492 e. The van der Waals surface area contributed by atoms with Gasteiger partial charge in [0.05, 0.1) is 24.9 Å². The molecule has 1 aromatic carbocycles. The predicted molar refractivity (Wildman–Crippen MR) is 145 cm³/mol. The molecule has 2 aromatic heterocycles. The van der Waals surface area contributed by atoms with Crippen molar-refractivity contribution in [2.24, 2.45) is 0 Å². The highest BCUT2D eigenvalue weighted by Crippen LogP contribution is 2.33. The Morgan fingerprint density at radius 1 is 1.26 bits per heavy atom. The molecule has 10 heteroatoms. The molecule has 1 amide bonds. The number of benzene rings is 1. The number of rotatable bonds is 9. The lowest BCUT2D eigenvalue weighted by molar-refractivity contribution is 0.0667. The lowest BCUT2D eigenvalue weighted by Gasteiger charge is -2.35. The lowest BCUT2D eigenvalue weighted by atomic mass is 9.90. The Kier molecular flexibility index (Phi) is 7.79. The van der Waals surface area contributed by atoms with Gasteiger partial charge in [-0.25, -0.2) is 9.37 Å². The van der Waals surface area contributed by atoms with Crippen LogP contribution in [0.5, 0.6) is 5.75 Å². The normalized spacial score (nSPS) is 18.1. The third kappa shape index (κ3) is 5.45. The van der Waals surface area contributed by atoms with E-state index >= 15 is 0 Å². The Bertz CT molecular complexity index is 1400. The molecule has 2 atom stereocenters. The second-order valence-electron chi connectivity index (χ2n) is 10.1. The molecule has 1 fully saturated rings. The zero-order valence-corrected chi connectivity index (χ0v) is 22.7. The second-order valence-corrected chi connectivity index (χ2v) is 10.1. The van der Waals surface area contributed by atoms with Gasteiger partial charge in [0, 0.05) is 63.4 Å². The van der Waals surface area contributed by atoms with E-state index in [1.807, 2.05) is 42.6 Å². The van der Waals surface area contributed by atoms with Crippen LogP contribution in [0.25, 0.3) is 0 Å². The van der Waals surface area contributed by atoms with Crippen LogP contribution < -0.4 is 10.1 Å². The molecule has 5 rings (SSSR count). The first-order chi connectivity index (χ1) is 18.9. The molecular weight excluding hydrogens is 497 g/mol. The minimum atomic E-state index is -0.799. The highest BCUT2D eigenvalue weighted by atomic mass is 19.1. The van der Waals surface area contributed by atoms with Crippen LogP contribution in [0.15, 0.2) is 36.8 Å². The van der Waals surface area contributed by atoms with Crippen molar-refractivity contribution in [2.45, 2.75) is 52.0 Å². The van der Waals surface area contributed by atoms with Crippen molar-refractivity contribution in [2.75, 3.05) is 38.6 Å². The highest BCUT2D eigenvalue weighted by Gasteiger charge is 2.32. The summed E-state index contributed by atoms with van der Waals surface area (Å²) in [6.07, 6.45) is 5.61. The molecule has 0 spiro atoms. The number of nitrogens with one attached hydrogen (secondary N) is 1. The number of ether oxygens (including phenoxy) is 1. The van der Waals surface area contributed by atoms with Gasteiger partial charge in [0.2, 0.25) is 5.95 Å². The number of aromatic nitrogens is 3. The topological polar surface area (TPSA) is 99.3 Å². The predicted octanol–water partition coefficient (Wildman–Crippen LogP) is 3.94. The van der Waals surface area contributed by atoms with Crippen LogP contribution in [0.4, 0.5) is 10.3 Å². The fourth-order valence-electron chi connectivity index (χ4n) is 5.61. The number of nitrogens with zero attached hydrogens (tertiary/aromatic N) is 6. The number of imidazole rings is 1. The van der Waals surface area contributed by atoms with Crippen LogP contribution >= 0.6 is 0 Å². The van der Waals surface area contributed by atoms with Gasteiger partial charge in [-0.3, -0.25) is 14.7 Å². The fraction of sp³-hybridized carbons (Fsp3) is 0.448. The Balaban J connectivity index is 1.48. The molecule has 4 heterocycles. The summed E-state index contributed by atoms with van der Waals surface area (Å²) < 4.78 is 21.6. The molecule has 2 aliphatic rings. The summed E-state index contributed by atoms with van der Waals surface area (Å²) in [6.45, 7) is 7.11. The van der Waals surface area contributed by atoms with Gasteiger partial charge in [-0.05, 0) is 49.4 Å². The van der Waals surface area contributed by atoms with Crippen molar-refractivity contribution in [3.05, 3.63) is 70.3 Å². The Labute approximate surface area is 228 Å². The maximum absolute atomic E-state index is 14.0. The van der Waals surface area contributed by atoms with Crippen molar-refractivity contribution in [1.29, 1.82) is 5.26 Å². The number of hydrogen-bond donors (Lipinski definition) is 1. The summed E-state index contributed by atoms with van der Waals surface area (Å²) in [6, 6.07) is 7.71. The van der Waals surface area contributed by atoms with Crippen LogP contribution in [0.1, 0.15) is 64.6 Å². The molecule has 0 unspecified atom stereocenters. The van der Waals surface area contributed by atoms with E-state index in [4.69, 9.17) is 4.74 Å². The zero-order chi connectivity index (χ0) is 27.5. The number of alkyl halides is 1. The molecule has 39 heavy (non-hydrogen) atoms. The first-order valence-electron chi connectivity index (χ1n) is 13.5. The van der Waals surface area contributed by atoms with Crippen LogP contribution in [-0.2, 0) is 19.5 Å². The van der Waals surface area contributed by atoms with E-state index in [9.17, 15) is 14.4 Å². The average molecular weight is 532 g/mol. The smallest absolute Gasteiger partial charge is 0.254 e. The first kappa shape index (κ1) is 26.6. The van der Waals surface area contributed by atoms with Gasteiger partial charge < -0.3 is 19.5 Å². The summed E-state index contributed by atoms with van der Waals surface area (Å²) in [5.74, 6) is 1.16. The largest absolute Gasteiger partial charge is 0.492 e. The number of fused-ring (bicyclic) bond motifs is 1. The quantitative estimate of drug-likeness (QED) is 0.447. The van der Waals surface area contributed by atoms with Gasteiger partial charge in [-0.15, -0.1) is 0 Å². The Morgan fingerprint density at radius 2 is 2.10 bits per heavy atom. The van der Waals surface area contributed by atoms with Gasteiger partial charge in [-0.1, -0.05) is 6.07 Å². The molecule has 0 radical (unpaired) electrons. The van der Waals surface area contributed by atoms with E-state index in [2.05, 4.69) is 32.3 Å². The summed E-state index contributed by atoms with van der Waals surface area (Å²) in [5, 5.41) is 12.5. The summed E-state index contributed by atoms with van der Waals surface area (Å²) in [5.41, 5.74) is 4.84. The molecule has 0 saturated carbocycles. The van der Waals surface area contributed by atoms with Crippen molar-refractivity contribution >= 4 is 11.9 Å². The number of anilines is 1. The number of carbonyl (C=O) groups excluding carboxylic acids is 1. The van der Waals surface area contributed by atoms with Crippen LogP contribution in [0.3, 0.4) is 0 Å². The molecule has 1 N–H and O–H groups in total. The molecule has 3 aromatic rings. The zero-order valence-electron chi connectivity index (χ0n) is 22.7. The molecule has 1 saturated heterocycles. The number of halogens is 1. The number of likely N-dealkylation sites (tertiary alicyclic amines) is 1. The molecular formula is C29H34FN7O2. The Hall–Kier alpha value is -3.97. The number of pyridine rings is 1. The summed E-state index contributed by atoms with van der Waals surface area (Å²) in [7, 11) is 1.83. The molecule has 204 valence electrons. The molecule has 2 aliphatic heterocycles. The second kappa shape index (κ2) is 11.4. The number of amides is 1. The number of hydrogen-bond acceptors (Lipinski definition) is 7. The van der Waals surface area contributed by atoms with E-state index in [0.717, 1.165) is 29.2 Å².